The highest BCUT2D eigenvalue weighted by molar-refractivity contribution is 5.92. The van der Waals surface area contributed by atoms with E-state index in [2.05, 4.69) is 4.98 Å². The molecule has 0 aliphatic rings. The average molecular weight is 388 g/mol. The largest absolute Gasteiger partial charge is 0.478 e. The molecule has 0 saturated carbocycles. The van der Waals surface area contributed by atoms with E-state index < -0.39 is 0 Å². The molecule has 3 rings (SSSR count). The van der Waals surface area contributed by atoms with Crippen molar-refractivity contribution in [2.24, 2.45) is 0 Å². The van der Waals surface area contributed by atoms with Gasteiger partial charge in [0.1, 0.15) is 0 Å². The first-order chi connectivity index (χ1) is 14.0. The van der Waals surface area contributed by atoms with Crippen LogP contribution in [-0.2, 0) is 9.47 Å². The van der Waals surface area contributed by atoms with E-state index in [0.717, 1.165) is 33.6 Å². The summed E-state index contributed by atoms with van der Waals surface area (Å²) in [5, 5.41) is 15.8. The smallest absolute Gasteiger partial charge is 0.213 e. The molecule has 1 heterocycles. The lowest BCUT2D eigenvalue weighted by Gasteiger charge is -2.09. The van der Waals surface area contributed by atoms with Gasteiger partial charge in [-0.3, -0.25) is 10.8 Å². The zero-order valence-corrected chi connectivity index (χ0v) is 16.8. The predicted molar refractivity (Wildman–Crippen MR) is 115 cm³/mol. The van der Waals surface area contributed by atoms with Crippen molar-refractivity contribution in [2.45, 2.75) is 20.8 Å². The van der Waals surface area contributed by atoms with Crippen molar-refractivity contribution in [3.63, 3.8) is 0 Å². The molecule has 3 aromatic rings. The fourth-order valence-corrected chi connectivity index (χ4v) is 2.86. The minimum atomic E-state index is 0.155. The Balaban J connectivity index is 1.88. The van der Waals surface area contributed by atoms with Gasteiger partial charge in [-0.15, -0.1) is 0 Å². The number of aryl methyl sites for hydroxylation is 1. The Labute approximate surface area is 170 Å². The molecule has 0 atom stereocenters. The van der Waals surface area contributed by atoms with Gasteiger partial charge in [0.05, 0.1) is 18.9 Å². The summed E-state index contributed by atoms with van der Waals surface area (Å²) in [6.07, 6.45) is 0. The Morgan fingerprint density at radius 3 is 1.72 bits per heavy atom. The first-order valence-corrected chi connectivity index (χ1v) is 9.51. The second-order valence-electron chi connectivity index (χ2n) is 6.40. The van der Waals surface area contributed by atoms with Crippen LogP contribution >= 0.6 is 0 Å². The van der Waals surface area contributed by atoms with Crippen LogP contribution in [0.15, 0.2) is 54.6 Å². The monoisotopic (exact) mass is 388 g/mol. The summed E-state index contributed by atoms with van der Waals surface area (Å²) in [7, 11) is 0. The molecule has 0 unspecified atom stereocenters. The Morgan fingerprint density at radius 2 is 1.24 bits per heavy atom. The normalized spacial score (nSPS) is 10.4. The van der Waals surface area contributed by atoms with Crippen LogP contribution in [-0.4, -0.2) is 35.0 Å². The van der Waals surface area contributed by atoms with Crippen molar-refractivity contribution in [1.82, 2.24) is 9.97 Å². The maximum atomic E-state index is 7.89. The SMILES string of the molecule is CCOC(=N)c1ccc(-c2cc(C)nc(-c3ccc(C(=N)OCC)cc3)n2)cc1. The summed E-state index contributed by atoms with van der Waals surface area (Å²) in [5.74, 6) is 0.944. The summed E-state index contributed by atoms with van der Waals surface area (Å²) in [4.78, 5) is 9.28. The number of hydrogen-bond donors (Lipinski definition) is 2. The van der Waals surface area contributed by atoms with Gasteiger partial charge in [0.2, 0.25) is 11.8 Å². The summed E-state index contributed by atoms with van der Waals surface area (Å²) in [6, 6.07) is 17.0. The number of nitrogens with zero attached hydrogens (tertiary/aromatic N) is 2. The van der Waals surface area contributed by atoms with Gasteiger partial charge in [-0.1, -0.05) is 24.3 Å². The van der Waals surface area contributed by atoms with Crippen LogP contribution in [0, 0.1) is 17.7 Å². The standard InChI is InChI=1S/C23H24N4O2/c1-4-28-21(24)17-8-6-16(7-9-17)20-14-15(3)26-23(27-20)19-12-10-18(11-13-19)22(25)29-5-2/h6-14,24-25H,4-5H2,1-3H3. The maximum absolute atomic E-state index is 7.89. The zero-order valence-electron chi connectivity index (χ0n) is 16.8. The van der Waals surface area contributed by atoms with E-state index in [-0.39, 0.29) is 11.8 Å². The fourth-order valence-electron chi connectivity index (χ4n) is 2.86. The van der Waals surface area contributed by atoms with Crippen molar-refractivity contribution in [1.29, 1.82) is 10.8 Å². The van der Waals surface area contributed by atoms with Gasteiger partial charge in [0.25, 0.3) is 0 Å². The third-order valence-electron chi connectivity index (χ3n) is 4.28. The van der Waals surface area contributed by atoms with Crippen molar-refractivity contribution in [2.75, 3.05) is 13.2 Å². The average Bonchev–Trinajstić information content (AvgIpc) is 2.74. The van der Waals surface area contributed by atoms with Gasteiger partial charge < -0.3 is 9.47 Å². The van der Waals surface area contributed by atoms with Crippen molar-refractivity contribution < 1.29 is 9.47 Å². The van der Waals surface area contributed by atoms with E-state index in [1.807, 2.05) is 75.4 Å². The van der Waals surface area contributed by atoms with Crippen LogP contribution in [0.2, 0.25) is 0 Å². The molecule has 0 saturated heterocycles. The minimum Gasteiger partial charge on any atom is -0.478 e. The topological polar surface area (TPSA) is 91.9 Å². The molecule has 148 valence electrons. The lowest BCUT2D eigenvalue weighted by molar-refractivity contribution is 0.325. The highest BCUT2D eigenvalue weighted by Crippen LogP contribution is 2.23. The lowest BCUT2D eigenvalue weighted by atomic mass is 10.1. The molecule has 6 nitrogen and oxygen atoms in total. The molecule has 2 aromatic carbocycles. The Hall–Kier alpha value is -3.54. The molecular weight excluding hydrogens is 364 g/mol. The number of benzene rings is 2. The maximum Gasteiger partial charge on any atom is 0.213 e. The molecule has 6 heteroatoms. The van der Waals surface area contributed by atoms with Crippen LogP contribution < -0.4 is 0 Å². The molecule has 0 amide bonds. The van der Waals surface area contributed by atoms with E-state index in [1.54, 1.807) is 0 Å². The van der Waals surface area contributed by atoms with Gasteiger partial charge in [-0.2, -0.15) is 0 Å². The van der Waals surface area contributed by atoms with E-state index in [1.165, 1.54) is 0 Å². The zero-order chi connectivity index (χ0) is 20.8. The third-order valence-corrected chi connectivity index (χ3v) is 4.28. The highest BCUT2D eigenvalue weighted by Gasteiger charge is 2.10. The number of nitrogens with one attached hydrogen (secondary N) is 2. The van der Waals surface area contributed by atoms with Gasteiger partial charge in [-0.25, -0.2) is 9.97 Å². The van der Waals surface area contributed by atoms with Gasteiger partial charge in [-0.05, 0) is 51.1 Å². The van der Waals surface area contributed by atoms with Gasteiger partial charge in [0.15, 0.2) is 5.82 Å². The molecule has 0 aliphatic carbocycles. The molecule has 2 N–H and O–H groups in total. The molecule has 0 bridgehead atoms. The summed E-state index contributed by atoms with van der Waals surface area (Å²) in [6.45, 7) is 6.59. The summed E-state index contributed by atoms with van der Waals surface area (Å²) in [5.41, 5.74) is 4.94. The number of rotatable bonds is 6. The van der Waals surface area contributed by atoms with E-state index in [4.69, 9.17) is 25.3 Å². The number of hydrogen-bond acceptors (Lipinski definition) is 6. The van der Waals surface area contributed by atoms with E-state index in [9.17, 15) is 0 Å². The second kappa shape index (κ2) is 9.10. The molecule has 0 radical (unpaired) electrons. The fraction of sp³-hybridized carbons (Fsp3) is 0.217. The highest BCUT2D eigenvalue weighted by atomic mass is 16.5. The molecule has 0 fully saturated rings. The lowest BCUT2D eigenvalue weighted by Crippen LogP contribution is -2.04. The van der Waals surface area contributed by atoms with Crippen LogP contribution in [0.5, 0.6) is 0 Å². The molecule has 1 aromatic heterocycles. The Morgan fingerprint density at radius 1 is 0.759 bits per heavy atom. The number of aromatic nitrogens is 2. The van der Waals surface area contributed by atoms with Crippen LogP contribution in [0.1, 0.15) is 30.7 Å². The second-order valence-corrected chi connectivity index (χ2v) is 6.40. The first kappa shape index (κ1) is 20.2. The Bertz CT molecular complexity index is 932. The minimum absolute atomic E-state index is 0.155. The summed E-state index contributed by atoms with van der Waals surface area (Å²) < 4.78 is 10.5. The van der Waals surface area contributed by atoms with Crippen LogP contribution in [0.25, 0.3) is 22.6 Å². The van der Waals surface area contributed by atoms with E-state index in [0.29, 0.717) is 19.0 Å². The van der Waals surface area contributed by atoms with Crippen molar-refractivity contribution in [3.05, 3.63) is 71.4 Å². The Kier molecular flexibility index (Phi) is 6.34. The van der Waals surface area contributed by atoms with Crippen LogP contribution in [0.3, 0.4) is 0 Å². The first-order valence-electron chi connectivity index (χ1n) is 9.51. The molecule has 0 spiro atoms. The molecular formula is C23H24N4O2. The van der Waals surface area contributed by atoms with Crippen molar-refractivity contribution in [3.8, 4) is 22.6 Å². The van der Waals surface area contributed by atoms with E-state index >= 15 is 0 Å². The summed E-state index contributed by atoms with van der Waals surface area (Å²) >= 11 is 0. The molecule has 0 aliphatic heterocycles. The quantitative estimate of drug-likeness (QED) is 0.467. The molecule has 29 heavy (non-hydrogen) atoms. The third kappa shape index (κ3) is 4.85. The van der Waals surface area contributed by atoms with Gasteiger partial charge >= 0.3 is 0 Å². The number of ether oxygens (including phenoxy) is 2. The van der Waals surface area contributed by atoms with Crippen molar-refractivity contribution >= 4 is 11.8 Å². The van der Waals surface area contributed by atoms with Crippen LogP contribution in [0.4, 0.5) is 0 Å². The predicted octanol–water partition coefficient (Wildman–Crippen LogP) is 4.84. The van der Waals surface area contributed by atoms with Gasteiger partial charge in [0, 0.05) is 27.9 Å².